The molecule has 1 atom stereocenters. The van der Waals surface area contributed by atoms with Crippen LogP contribution in [0.15, 0.2) is 12.3 Å². The maximum absolute atomic E-state index is 12.5. The van der Waals surface area contributed by atoms with Crippen molar-refractivity contribution in [2.45, 2.75) is 25.8 Å². The van der Waals surface area contributed by atoms with Gasteiger partial charge in [0.2, 0.25) is 17.7 Å². The molecule has 126 valence electrons. The average Bonchev–Trinajstić information content (AvgIpc) is 3.15. The van der Waals surface area contributed by atoms with Crippen molar-refractivity contribution in [2.75, 3.05) is 51.3 Å². The van der Waals surface area contributed by atoms with Crippen LogP contribution >= 0.6 is 0 Å². The normalized spacial score (nSPS) is 20.6. The Morgan fingerprint density at radius 2 is 1.87 bits per heavy atom. The molecule has 0 saturated carbocycles. The van der Waals surface area contributed by atoms with Gasteiger partial charge in [-0.25, -0.2) is 4.98 Å². The molecule has 0 radical (unpaired) electrons. The fourth-order valence-electron chi connectivity index (χ4n) is 3.27. The van der Waals surface area contributed by atoms with E-state index in [2.05, 4.69) is 19.8 Å². The number of ether oxygens (including phenoxy) is 1. The van der Waals surface area contributed by atoms with Gasteiger partial charge < -0.3 is 14.5 Å². The maximum Gasteiger partial charge on any atom is 0.239 e. The number of carbonyl (C=O) groups is 1. The largest absolute Gasteiger partial charge is 0.481 e. The Morgan fingerprint density at radius 3 is 2.52 bits per heavy atom. The first-order valence-corrected chi connectivity index (χ1v) is 8.34. The van der Waals surface area contributed by atoms with Gasteiger partial charge in [-0.2, -0.15) is 4.98 Å². The highest BCUT2D eigenvalue weighted by Crippen LogP contribution is 2.17. The summed E-state index contributed by atoms with van der Waals surface area (Å²) in [5, 5.41) is 0. The highest BCUT2D eigenvalue weighted by atomic mass is 16.5. The molecule has 0 aromatic carbocycles. The van der Waals surface area contributed by atoms with E-state index in [0.29, 0.717) is 11.8 Å². The summed E-state index contributed by atoms with van der Waals surface area (Å²) in [6, 6.07) is 1.71. The Morgan fingerprint density at radius 1 is 1.17 bits per heavy atom. The average molecular weight is 319 g/mol. The second-order valence-electron chi connectivity index (χ2n) is 6.13. The monoisotopic (exact) mass is 319 g/mol. The topological polar surface area (TPSA) is 61.8 Å². The minimum Gasteiger partial charge on any atom is -0.481 e. The van der Waals surface area contributed by atoms with E-state index in [0.717, 1.165) is 52.1 Å². The van der Waals surface area contributed by atoms with E-state index in [1.165, 1.54) is 0 Å². The second kappa shape index (κ2) is 7.12. The Hall–Kier alpha value is -1.89. The van der Waals surface area contributed by atoms with Crippen LogP contribution in [-0.2, 0) is 4.79 Å². The number of rotatable bonds is 4. The van der Waals surface area contributed by atoms with E-state index in [1.807, 2.05) is 11.8 Å². The molecule has 2 saturated heterocycles. The Labute approximate surface area is 137 Å². The number of likely N-dealkylation sites (tertiary alicyclic amines) is 1. The van der Waals surface area contributed by atoms with Gasteiger partial charge >= 0.3 is 0 Å². The van der Waals surface area contributed by atoms with Gasteiger partial charge in [0, 0.05) is 51.5 Å². The molecule has 2 fully saturated rings. The van der Waals surface area contributed by atoms with Crippen LogP contribution in [0.5, 0.6) is 5.88 Å². The molecule has 7 nitrogen and oxygen atoms in total. The van der Waals surface area contributed by atoms with Crippen molar-refractivity contribution in [1.82, 2.24) is 19.8 Å². The maximum atomic E-state index is 12.5. The standard InChI is InChI=1S/C16H25N5O2/c1-13(15(22)20-7-3-4-8-20)19-9-11-21(12-10-19)16-17-6-5-14(18-16)23-2/h5-6,13H,3-4,7-12H2,1-2H3. The number of aromatic nitrogens is 2. The summed E-state index contributed by atoms with van der Waals surface area (Å²) in [5.41, 5.74) is 0. The van der Waals surface area contributed by atoms with Crippen molar-refractivity contribution in [2.24, 2.45) is 0 Å². The van der Waals surface area contributed by atoms with Gasteiger partial charge in [-0.1, -0.05) is 0 Å². The molecule has 0 N–H and O–H groups in total. The molecule has 0 spiro atoms. The molecule has 23 heavy (non-hydrogen) atoms. The molecule has 3 heterocycles. The highest BCUT2D eigenvalue weighted by Gasteiger charge is 2.30. The fourth-order valence-corrected chi connectivity index (χ4v) is 3.27. The van der Waals surface area contributed by atoms with Crippen LogP contribution in [0.1, 0.15) is 19.8 Å². The second-order valence-corrected chi connectivity index (χ2v) is 6.13. The Balaban J connectivity index is 1.56. The lowest BCUT2D eigenvalue weighted by Gasteiger charge is -2.38. The molecule has 1 unspecified atom stereocenters. The molecule has 0 aliphatic carbocycles. The minimum absolute atomic E-state index is 0.0403. The van der Waals surface area contributed by atoms with Crippen LogP contribution in [-0.4, -0.2) is 78.1 Å². The van der Waals surface area contributed by atoms with Gasteiger partial charge in [0.25, 0.3) is 0 Å². The fraction of sp³-hybridized carbons (Fsp3) is 0.688. The predicted octanol–water partition coefficient (Wildman–Crippen LogP) is 0.618. The first kappa shape index (κ1) is 16.0. The lowest BCUT2D eigenvalue weighted by molar-refractivity contribution is -0.135. The summed E-state index contributed by atoms with van der Waals surface area (Å²) >= 11 is 0. The third kappa shape index (κ3) is 3.55. The van der Waals surface area contributed by atoms with E-state index in [-0.39, 0.29) is 11.9 Å². The number of anilines is 1. The van der Waals surface area contributed by atoms with Crippen LogP contribution in [0.3, 0.4) is 0 Å². The van der Waals surface area contributed by atoms with Crippen LogP contribution in [0.25, 0.3) is 0 Å². The SMILES string of the molecule is COc1ccnc(N2CCN(C(C)C(=O)N3CCCC3)CC2)n1. The van der Waals surface area contributed by atoms with Crippen molar-refractivity contribution in [3.63, 3.8) is 0 Å². The van der Waals surface area contributed by atoms with E-state index < -0.39 is 0 Å². The third-order valence-corrected chi connectivity index (χ3v) is 4.75. The van der Waals surface area contributed by atoms with E-state index in [9.17, 15) is 4.79 Å². The van der Waals surface area contributed by atoms with Gasteiger partial charge in [-0.3, -0.25) is 9.69 Å². The number of methoxy groups -OCH3 is 1. The molecule has 3 rings (SSSR count). The van der Waals surface area contributed by atoms with Crippen molar-refractivity contribution < 1.29 is 9.53 Å². The zero-order valence-corrected chi connectivity index (χ0v) is 13.9. The smallest absolute Gasteiger partial charge is 0.239 e. The molecule has 1 amide bonds. The molecule has 2 aliphatic heterocycles. The molecular formula is C16H25N5O2. The summed E-state index contributed by atoms with van der Waals surface area (Å²) in [7, 11) is 1.61. The molecule has 1 aromatic heterocycles. The van der Waals surface area contributed by atoms with Crippen LogP contribution in [0.2, 0.25) is 0 Å². The van der Waals surface area contributed by atoms with Crippen molar-refractivity contribution in [3.05, 3.63) is 12.3 Å². The van der Waals surface area contributed by atoms with E-state index in [4.69, 9.17) is 4.74 Å². The predicted molar refractivity (Wildman–Crippen MR) is 87.6 cm³/mol. The molecule has 1 aromatic rings. The third-order valence-electron chi connectivity index (χ3n) is 4.75. The van der Waals surface area contributed by atoms with Crippen molar-refractivity contribution in [1.29, 1.82) is 0 Å². The van der Waals surface area contributed by atoms with Gasteiger partial charge in [0.1, 0.15) is 0 Å². The van der Waals surface area contributed by atoms with Gasteiger partial charge in [-0.05, 0) is 19.8 Å². The number of hydrogen-bond donors (Lipinski definition) is 0. The lowest BCUT2D eigenvalue weighted by atomic mass is 10.2. The molecule has 2 aliphatic rings. The molecular weight excluding hydrogens is 294 g/mol. The van der Waals surface area contributed by atoms with Crippen LogP contribution in [0.4, 0.5) is 5.95 Å². The number of carbonyl (C=O) groups excluding carboxylic acids is 1. The number of amides is 1. The summed E-state index contributed by atoms with van der Waals surface area (Å²) in [4.78, 5) is 27.6. The lowest BCUT2D eigenvalue weighted by Crippen LogP contribution is -2.54. The van der Waals surface area contributed by atoms with Crippen LogP contribution < -0.4 is 9.64 Å². The quantitative estimate of drug-likeness (QED) is 0.811. The van der Waals surface area contributed by atoms with Gasteiger partial charge in [0.15, 0.2) is 0 Å². The molecule has 0 bridgehead atoms. The van der Waals surface area contributed by atoms with Crippen molar-refractivity contribution in [3.8, 4) is 5.88 Å². The van der Waals surface area contributed by atoms with Crippen molar-refractivity contribution >= 4 is 11.9 Å². The summed E-state index contributed by atoms with van der Waals surface area (Å²) in [5.74, 6) is 1.55. The zero-order valence-electron chi connectivity index (χ0n) is 13.9. The Kier molecular flexibility index (Phi) is 4.95. The van der Waals surface area contributed by atoms with Gasteiger partial charge in [-0.15, -0.1) is 0 Å². The molecule has 7 heteroatoms. The first-order valence-electron chi connectivity index (χ1n) is 8.34. The zero-order chi connectivity index (χ0) is 16.2. The van der Waals surface area contributed by atoms with E-state index in [1.54, 1.807) is 19.4 Å². The highest BCUT2D eigenvalue weighted by molar-refractivity contribution is 5.81. The van der Waals surface area contributed by atoms with Gasteiger partial charge in [0.05, 0.1) is 13.2 Å². The Bertz CT molecular complexity index is 539. The van der Waals surface area contributed by atoms with Crippen LogP contribution in [0, 0.1) is 0 Å². The number of piperazine rings is 1. The summed E-state index contributed by atoms with van der Waals surface area (Å²) in [6.07, 6.45) is 3.99. The number of hydrogen-bond acceptors (Lipinski definition) is 6. The number of nitrogens with zero attached hydrogens (tertiary/aromatic N) is 5. The van der Waals surface area contributed by atoms with E-state index >= 15 is 0 Å². The minimum atomic E-state index is -0.0403. The summed E-state index contributed by atoms with van der Waals surface area (Å²) in [6.45, 7) is 7.21. The summed E-state index contributed by atoms with van der Waals surface area (Å²) < 4.78 is 5.16. The first-order chi connectivity index (χ1) is 11.2.